The molecule has 2 aromatic rings. The number of furan rings is 1. The van der Waals surface area contributed by atoms with Crippen LogP contribution in [-0.2, 0) is 4.74 Å². The van der Waals surface area contributed by atoms with Crippen molar-refractivity contribution in [2.45, 2.75) is 31.5 Å². The maximum absolute atomic E-state index is 13.2. The molecule has 1 aromatic heterocycles. The molecular weight excluding hydrogens is 315 g/mol. The van der Waals surface area contributed by atoms with Gasteiger partial charge in [-0.25, -0.2) is 14.2 Å². The number of benzene rings is 1. The molecule has 7 heteroatoms. The van der Waals surface area contributed by atoms with E-state index < -0.39 is 6.03 Å². The summed E-state index contributed by atoms with van der Waals surface area (Å²) in [6.45, 7) is 0.0492. The highest BCUT2D eigenvalue weighted by atomic mass is 19.1. The predicted molar refractivity (Wildman–Crippen MR) is 83.5 cm³/mol. The van der Waals surface area contributed by atoms with Crippen molar-refractivity contribution in [2.24, 2.45) is 5.73 Å². The fraction of sp³-hybridized carbons (Fsp3) is 0.353. The second kappa shape index (κ2) is 6.91. The number of nitrogens with zero attached hydrogens (tertiary/aromatic N) is 1. The molecule has 1 saturated heterocycles. The van der Waals surface area contributed by atoms with Gasteiger partial charge in [0.2, 0.25) is 0 Å². The number of carbonyl (C=O) groups excluding carboxylic acids is 1. The van der Waals surface area contributed by atoms with E-state index in [0.717, 1.165) is 12.8 Å². The largest absolute Gasteiger partial charge is 0.458 e. The number of nitrogens with two attached hydrogens (primary N) is 1. The molecule has 0 radical (unpaired) electrons. The van der Waals surface area contributed by atoms with Gasteiger partial charge in [-0.15, -0.1) is 0 Å². The maximum atomic E-state index is 13.2. The Kier molecular flexibility index (Phi) is 4.69. The lowest BCUT2D eigenvalue weighted by Gasteiger charge is -2.09. The Labute approximate surface area is 137 Å². The molecule has 2 amide bonds. The molecule has 2 atom stereocenters. The minimum atomic E-state index is -0.907. The summed E-state index contributed by atoms with van der Waals surface area (Å²) < 4.78 is 24.8. The van der Waals surface area contributed by atoms with E-state index in [1.165, 1.54) is 12.1 Å². The zero-order valence-corrected chi connectivity index (χ0v) is 12.9. The molecule has 24 heavy (non-hydrogen) atoms. The van der Waals surface area contributed by atoms with Crippen molar-refractivity contribution in [3.05, 3.63) is 35.8 Å². The Balaban J connectivity index is 1.58. The van der Waals surface area contributed by atoms with E-state index in [1.807, 2.05) is 0 Å². The summed E-state index contributed by atoms with van der Waals surface area (Å²) in [7, 11) is 0. The number of halogens is 1. The van der Waals surface area contributed by atoms with Crippen LogP contribution in [0, 0.1) is 17.7 Å². The van der Waals surface area contributed by atoms with Gasteiger partial charge in [0, 0.05) is 11.8 Å². The summed E-state index contributed by atoms with van der Waals surface area (Å²) in [5.41, 5.74) is 5.52. The first-order valence-corrected chi connectivity index (χ1v) is 7.61. The lowest BCUT2D eigenvalue weighted by molar-refractivity contribution is -0.0373. The van der Waals surface area contributed by atoms with Gasteiger partial charge in [0.25, 0.3) is 0 Å². The third-order valence-electron chi connectivity index (χ3n) is 3.80. The smallest absolute Gasteiger partial charge is 0.338 e. The van der Waals surface area contributed by atoms with Crippen LogP contribution in [0.3, 0.4) is 0 Å². The van der Waals surface area contributed by atoms with Crippen LogP contribution < -0.4 is 5.73 Å². The number of primary amides is 1. The molecule has 0 spiro atoms. The van der Waals surface area contributed by atoms with Gasteiger partial charge >= 0.3 is 6.03 Å². The Morgan fingerprint density at radius 3 is 3.04 bits per heavy atom. The van der Waals surface area contributed by atoms with E-state index in [1.54, 1.807) is 12.1 Å². The molecule has 126 valence electrons. The van der Waals surface area contributed by atoms with Crippen molar-refractivity contribution < 1.29 is 23.5 Å². The zero-order chi connectivity index (χ0) is 17.1. The molecule has 3 rings (SSSR count). The molecule has 0 bridgehead atoms. The average molecular weight is 332 g/mol. The van der Waals surface area contributed by atoms with Crippen molar-refractivity contribution >= 4 is 17.0 Å². The Hall–Kier alpha value is -2.56. The summed E-state index contributed by atoms with van der Waals surface area (Å²) in [5, 5.41) is 10.2. The SMILES string of the molecule is NC(=O)N(O)CCC#C[C@@H]1CCC(c2cc3cc(F)ccc3o2)O1. The average Bonchev–Trinajstić information content (AvgIpc) is 3.17. The standard InChI is InChI=1S/C17H17FN2O4/c18-12-4-6-14-11(9-12)10-16(24-14)15-7-5-13(23-15)3-1-2-8-20(22)17(19)21/h4,6,9-10,13,15,22H,2,5,7-8H2,(H2,19,21)/t13-,15?/m1/s1. The van der Waals surface area contributed by atoms with Gasteiger partial charge in [-0.1, -0.05) is 11.8 Å². The van der Waals surface area contributed by atoms with E-state index in [4.69, 9.17) is 20.1 Å². The lowest BCUT2D eigenvalue weighted by Crippen LogP contribution is -2.33. The highest BCUT2D eigenvalue weighted by molar-refractivity contribution is 5.78. The van der Waals surface area contributed by atoms with E-state index in [2.05, 4.69) is 11.8 Å². The molecule has 1 aliphatic rings. The minimum absolute atomic E-state index is 0.0492. The van der Waals surface area contributed by atoms with E-state index in [0.29, 0.717) is 28.2 Å². The number of carbonyl (C=O) groups is 1. The van der Waals surface area contributed by atoms with Crippen molar-refractivity contribution in [1.29, 1.82) is 0 Å². The topological polar surface area (TPSA) is 88.9 Å². The van der Waals surface area contributed by atoms with Gasteiger partial charge in [-0.05, 0) is 37.1 Å². The molecule has 2 heterocycles. The fourth-order valence-corrected chi connectivity index (χ4v) is 2.60. The van der Waals surface area contributed by atoms with Crippen LogP contribution in [0.1, 0.15) is 31.1 Å². The first-order chi connectivity index (χ1) is 11.5. The third kappa shape index (κ3) is 3.67. The predicted octanol–water partition coefficient (Wildman–Crippen LogP) is 2.96. The second-order valence-corrected chi connectivity index (χ2v) is 5.55. The number of hydroxylamine groups is 2. The number of rotatable bonds is 3. The first kappa shape index (κ1) is 16.3. The first-order valence-electron chi connectivity index (χ1n) is 7.61. The van der Waals surface area contributed by atoms with Gasteiger partial charge in [-0.3, -0.25) is 5.21 Å². The maximum Gasteiger partial charge on any atom is 0.338 e. The van der Waals surface area contributed by atoms with Crippen molar-refractivity contribution in [1.82, 2.24) is 5.06 Å². The van der Waals surface area contributed by atoms with Crippen LogP contribution in [0.25, 0.3) is 11.0 Å². The van der Waals surface area contributed by atoms with Crippen molar-refractivity contribution in [3.8, 4) is 11.8 Å². The van der Waals surface area contributed by atoms with E-state index in [9.17, 15) is 9.18 Å². The molecule has 3 N–H and O–H groups in total. The number of hydrogen-bond donors (Lipinski definition) is 2. The molecular formula is C17H17FN2O4. The van der Waals surface area contributed by atoms with E-state index in [-0.39, 0.29) is 24.6 Å². The van der Waals surface area contributed by atoms with Gasteiger partial charge in [0.05, 0.1) is 6.54 Å². The fourth-order valence-electron chi connectivity index (χ4n) is 2.60. The molecule has 1 aliphatic heterocycles. The Morgan fingerprint density at radius 1 is 1.42 bits per heavy atom. The normalized spacial score (nSPS) is 19.9. The van der Waals surface area contributed by atoms with Crippen molar-refractivity contribution in [2.75, 3.05) is 6.54 Å². The summed E-state index contributed by atoms with van der Waals surface area (Å²) in [6.07, 6.45) is 1.37. The number of hydrogen-bond acceptors (Lipinski definition) is 4. The van der Waals surface area contributed by atoms with Crippen LogP contribution in [0.4, 0.5) is 9.18 Å². The molecule has 1 aromatic carbocycles. The number of ether oxygens (including phenoxy) is 1. The van der Waals surface area contributed by atoms with Crippen LogP contribution in [0.5, 0.6) is 0 Å². The number of fused-ring (bicyclic) bond motifs is 1. The monoisotopic (exact) mass is 332 g/mol. The molecule has 1 unspecified atom stereocenters. The third-order valence-corrected chi connectivity index (χ3v) is 3.80. The quantitative estimate of drug-likeness (QED) is 0.514. The van der Waals surface area contributed by atoms with Gasteiger partial charge in [0.1, 0.15) is 29.4 Å². The van der Waals surface area contributed by atoms with Crippen LogP contribution in [-0.4, -0.2) is 29.0 Å². The summed E-state index contributed by atoms with van der Waals surface area (Å²) in [4.78, 5) is 10.6. The molecule has 6 nitrogen and oxygen atoms in total. The Morgan fingerprint density at radius 2 is 2.25 bits per heavy atom. The van der Waals surface area contributed by atoms with Crippen molar-refractivity contribution in [3.63, 3.8) is 0 Å². The van der Waals surface area contributed by atoms with Crippen LogP contribution in [0.15, 0.2) is 28.7 Å². The van der Waals surface area contributed by atoms with Gasteiger partial charge in [-0.2, -0.15) is 0 Å². The summed E-state index contributed by atoms with van der Waals surface area (Å²) in [6, 6.07) is 5.26. The summed E-state index contributed by atoms with van der Waals surface area (Å²) >= 11 is 0. The molecule has 0 aliphatic carbocycles. The van der Waals surface area contributed by atoms with Crippen LogP contribution >= 0.6 is 0 Å². The molecule has 1 fully saturated rings. The highest BCUT2D eigenvalue weighted by Gasteiger charge is 2.28. The summed E-state index contributed by atoms with van der Waals surface area (Å²) in [5.74, 6) is 6.17. The zero-order valence-electron chi connectivity index (χ0n) is 12.9. The van der Waals surface area contributed by atoms with Gasteiger partial charge in [0.15, 0.2) is 0 Å². The second-order valence-electron chi connectivity index (χ2n) is 5.55. The highest BCUT2D eigenvalue weighted by Crippen LogP contribution is 2.35. The molecule has 0 saturated carbocycles. The number of urea groups is 1. The van der Waals surface area contributed by atoms with E-state index >= 15 is 0 Å². The minimum Gasteiger partial charge on any atom is -0.458 e. The Bertz CT molecular complexity index is 808. The number of amides is 2. The van der Waals surface area contributed by atoms with Gasteiger partial charge < -0.3 is 14.9 Å². The lowest BCUT2D eigenvalue weighted by atomic mass is 10.1. The van der Waals surface area contributed by atoms with Crippen LogP contribution in [0.2, 0.25) is 0 Å².